The van der Waals surface area contributed by atoms with E-state index in [2.05, 4.69) is 16.0 Å². The molecule has 1 aliphatic heterocycles. The van der Waals surface area contributed by atoms with E-state index < -0.39 is 5.82 Å². The van der Waals surface area contributed by atoms with Gasteiger partial charge in [-0.05, 0) is 62.5 Å². The van der Waals surface area contributed by atoms with Gasteiger partial charge in [-0.15, -0.1) is 0 Å². The highest BCUT2D eigenvalue weighted by Gasteiger charge is 2.49. The van der Waals surface area contributed by atoms with Gasteiger partial charge in [0.05, 0.1) is 5.02 Å². The number of hydrogen-bond acceptors (Lipinski definition) is 5. The van der Waals surface area contributed by atoms with Crippen molar-refractivity contribution in [1.29, 1.82) is 0 Å². The Morgan fingerprint density at radius 3 is 2.78 bits per heavy atom. The van der Waals surface area contributed by atoms with Gasteiger partial charge in [0.15, 0.2) is 6.61 Å². The Labute approximate surface area is 192 Å². The van der Waals surface area contributed by atoms with Crippen molar-refractivity contribution in [3.8, 4) is 5.75 Å². The van der Waals surface area contributed by atoms with Gasteiger partial charge in [-0.3, -0.25) is 14.9 Å². The van der Waals surface area contributed by atoms with Crippen LogP contribution in [0.5, 0.6) is 5.75 Å². The summed E-state index contributed by atoms with van der Waals surface area (Å²) in [5.74, 6) is 0.175. The van der Waals surface area contributed by atoms with E-state index in [0.29, 0.717) is 24.8 Å². The molecule has 3 N–H and O–H groups in total. The van der Waals surface area contributed by atoms with Crippen molar-refractivity contribution in [2.75, 3.05) is 20.3 Å². The van der Waals surface area contributed by atoms with Crippen LogP contribution in [0.2, 0.25) is 5.02 Å². The van der Waals surface area contributed by atoms with Gasteiger partial charge < -0.3 is 20.1 Å². The summed E-state index contributed by atoms with van der Waals surface area (Å²) in [5, 5.41) is 9.54. The highest BCUT2D eigenvalue weighted by atomic mass is 35.5. The number of fused-ring (bicyclic) bond motifs is 2. The quantitative estimate of drug-likeness (QED) is 0.547. The number of hydrogen-bond donors (Lipinski definition) is 3. The summed E-state index contributed by atoms with van der Waals surface area (Å²) in [7, 11) is 1.70. The zero-order valence-corrected chi connectivity index (χ0v) is 19.0. The second-order valence-corrected chi connectivity index (χ2v) is 9.54. The molecule has 1 aromatic carbocycles. The lowest BCUT2D eigenvalue weighted by atomic mass is 9.57. The molecule has 5 rings (SSSR count). The summed E-state index contributed by atoms with van der Waals surface area (Å²) in [6.45, 7) is 0.381. The lowest BCUT2D eigenvalue weighted by Crippen LogP contribution is -2.57. The lowest BCUT2D eigenvalue weighted by molar-refractivity contribution is -0.136. The maximum Gasteiger partial charge on any atom is 0.258 e. The van der Waals surface area contributed by atoms with Crippen molar-refractivity contribution in [3.05, 3.63) is 29.0 Å². The first kappa shape index (κ1) is 23.3. The molecule has 4 aliphatic rings. The Balaban J connectivity index is 1.23. The normalized spacial score (nSPS) is 31.3. The number of nitrogens with one attached hydrogen (secondary N) is 3. The van der Waals surface area contributed by atoms with Gasteiger partial charge in [0.1, 0.15) is 17.8 Å². The Morgan fingerprint density at radius 2 is 2.03 bits per heavy atom. The van der Waals surface area contributed by atoms with Crippen molar-refractivity contribution >= 4 is 23.4 Å². The highest BCUT2D eigenvalue weighted by Crippen LogP contribution is 2.49. The van der Waals surface area contributed by atoms with E-state index in [1.54, 1.807) is 7.11 Å². The van der Waals surface area contributed by atoms with Crippen LogP contribution in [0.3, 0.4) is 0 Å². The Hall–Kier alpha value is -1.90. The smallest absolute Gasteiger partial charge is 0.258 e. The lowest BCUT2D eigenvalue weighted by Gasteiger charge is -2.50. The van der Waals surface area contributed by atoms with E-state index in [1.807, 2.05) is 0 Å². The van der Waals surface area contributed by atoms with Crippen LogP contribution in [0.1, 0.15) is 38.5 Å². The number of piperidine rings is 1. The SMILES string of the molecule is COC1CCCC(CNC(=O)[C@@H]2C[C@H](NC(=O)COc3ccc(Cl)c(F)c3)C3CC2C3)N1. The summed E-state index contributed by atoms with van der Waals surface area (Å²) in [4.78, 5) is 25.3. The second kappa shape index (κ2) is 10.4. The standard InChI is InChI=1S/C23H31ClFN3O4/c1-31-22-4-2-3-15(27-22)11-26-23(30)17-10-20(14-7-13(17)8-14)28-21(29)12-32-16-5-6-18(24)19(25)9-16/h5-6,9,13-15,17,20,22,27H,2-4,7-8,10-12H2,1H3,(H,26,30)(H,28,29)/t13?,14?,15?,17-,20+,22?/m1/s1. The van der Waals surface area contributed by atoms with E-state index in [9.17, 15) is 14.0 Å². The van der Waals surface area contributed by atoms with Crippen LogP contribution < -0.4 is 20.7 Å². The van der Waals surface area contributed by atoms with Crippen molar-refractivity contribution in [2.24, 2.45) is 17.8 Å². The number of amides is 2. The fourth-order valence-electron chi connectivity index (χ4n) is 5.17. The molecule has 1 aromatic rings. The maximum absolute atomic E-state index is 13.5. The number of halogens is 2. The first-order valence-corrected chi connectivity index (χ1v) is 11.7. The summed E-state index contributed by atoms with van der Waals surface area (Å²) in [6, 6.07) is 4.25. The molecule has 3 saturated carbocycles. The van der Waals surface area contributed by atoms with Gasteiger partial charge in [0, 0.05) is 37.7 Å². The third kappa shape index (κ3) is 5.53. The van der Waals surface area contributed by atoms with Crippen molar-refractivity contribution in [2.45, 2.75) is 56.8 Å². The van der Waals surface area contributed by atoms with E-state index in [4.69, 9.17) is 21.1 Å². The second-order valence-electron chi connectivity index (χ2n) is 9.14. The molecule has 0 aromatic heterocycles. The summed E-state index contributed by atoms with van der Waals surface area (Å²) in [5.41, 5.74) is 0. The van der Waals surface area contributed by atoms with Gasteiger partial charge in [0.2, 0.25) is 5.91 Å². The highest BCUT2D eigenvalue weighted by molar-refractivity contribution is 6.30. The van der Waals surface area contributed by atoms with Crippen LogP contribution in [0.25, 0.3) is 0 Å². The summed E-state index contributed by atoms with van der Waals surface area (Å²) < 4.78 is 24.3. The molecule has 1 saturated heterocycles. The Kier molecular flexibility index (Phi) is 7.53. The van der Waals surface area contributed by atoms with E-state index >= 15 is 0 Å². The van der Waals surface area contributed by atoms with Crippen LogP contribution in [-0.4, -0.2) is 50.4 Å². The number of methoxy groups -OCH3 is 1. The minimum absolute atomic E-state index is 0.00523. The number of ether oxygens (including phenoxy) is 2. The molecule has 4 atom stereocenters. The minimum atomic E-state index is -0.590. The van der Waals surface area contributed by atoms with Crippen molar-refractivity contribution < 1.29 is 23.5 Å². The van der Waals surface area contributed by atoms with Crippen molar-refractivity contribution in [1.82, 2.24) is 16.0 Å². The fourth-order valence-corrected chi connectivity index (χ4v) is 5.28. The molecule has 2 amide bonds. The van der Waals surface area contributed by atoms with Crippen LogP contribution in [0.15, 0.2) is 18.2 Å². The monoisotopic (exact) mass is 467 g/mol. The third-order valence-electron chi connectivity index (χ3n) is 7.05. The van der Waals surface area contributed by atoms with Crippen LogP contribution in [0, 0.1) is 23.6 Å². The Bertz CT molecular complexity index is 835. The van der Waals surface area contributed by atoms with Gasteiger partial charge in [-0.25, -0.2) is 4.39 Å². The molecule has 3 aliphatic carbocycles. The molecule has 0 radical (unpaired) electrons. The fraction of sp³-hybridized carbons (Fsp3) is 0.652. The molecular formula is C23H31ClFN3O4. The zero-order chi connectivity index (χ0) is 22.7. The topological polar surface area (TPSA) is 88.7 Å². The number of carbonyl (C=O) groups excluding carboxylic acids is 2. The van der Waals surface area contributed by atoms with Gasteiger partial charge in [-0.2, -0.15) is 0 Å². The van der Waals surface area contributed by atoms with Crippen LogP contribution in [0.4, 0.5) is 4.39 Å². The number of rotatable bonds is 8. The molecule has 4 fully saturated rings. The van der Waals surface area contributed by atoms with Gasteiger partial charge in [0.25, 0.3) is 5.91 Å². The largest absolute Gasteiger partial charge is 0.484 e. The molecular weight excluding hydrogens is 437 g/mol. The maximum atomic E-state index is 13.5. The van der Waals surface area contributed by atoms with Crippen LogP contribution >= 0.6 is 11.6 Å². The molecule has 1 heterocycles. The number of benzene rings is 1. The predicted octanol–water partition coefficient (Wildman–Crippen LogP) is 2.62. The first-order chi connectivity index (χ1) is 15.4. The molecule has 2 bridgehead atoms. The molecule has 2 unspecified atom stereocenters. The zero-order valence-electron chi connectivity index (χ0n) is 18.2. The van der Waals surface area contributed by atoms with Gasteiger partial charge in [-0.1, -0.05) is 11.6 Å². The minimum Gasteiger partial charge on any atom is -0.484 e. The molecule has 176 valence electrons. The van der Waals surface area contributed by atoms with Crippen molar-refractivity contribution in [3.63, 3.8) is 0 Å². The first-order valence-electron chi connectivity index (χ1n) is 11.4. The van der Waals surface area contributed by atoms with Gasteiger partial charge >= 0.3 is 0 Å². The van der Waals surface area contributed by atoms with E-state index in [-0.39, 0.29) is 53.4 Å². The summed E-state index contributed by atoms with van der Waals surface area (Å²) >= 11 is 5.66. The molecule has 0 spiro atoms. The van der Waals surface area contributed by atoms with E-state index in [0.717, 1.165) is 38.2 Å². The summed E-state index contributed by atoms with van der Waals surface area (Å²) in [6.07, 6.45) is 5.70. The number of carbonyl (C=O) groups is 2. The average Bonchev–Trinajstić information content (AvgIpc) is 2.77. The Morgan fingerprint density at radius 1 is 1.22 bits per heavy atom. The average molecular weight is 468 g/mol. The van der Waals surface area contributed by atoms with E-state index in [1.165, 1.54) is 12.1 Å². The molecule has 9 heteroatoms. The molecule has 7 nitrogen and oxygen atoms in total. The molecule has 32 heavy (non-hydrogen) atoms. The third-order valence-corrected chi connectivity index (χ3v) is 7.36. The van der Waals surface area contributed by atoms with Crippen LogP contribution in [-0.2, 0) is 14.3 Å². The predicted molar refractivity (Wildman–Crippen MR) is 118 cm³/mol.